The molecule has 1 aliphatic rings. The van der Waals surface area contributed by atoms with Gasteiger partial charge in [-0.05, 0) is 35.5 Å². The third kappa shape index (κ3) is 5.83. The van der Waals surface area contributed by atoms with Crippen LogP contribution in [-0.4, -0.2) is 24.0 Å². The highest BCUT2D eigenvalue weighted by molar-refractivity contribution is 7.10. The van der Waals surface area contributed by atoms with E-state index in [-0.39, 0.29) is 23.2 Å². The summed E-state index contributed by atoms with van der Waals surface area (Å²) in [6.45, 7) is 7.85. The number of carbonyl (C=O) groups excluding carboxylic acids is 1. The number of ether oxygens (including phenoxy) is 1. The van der Waals surface area contributed by atoms with Crippen LogP contribution in [0.15, 0.2) is 35.8 Å². The molecule has 1 aliphatic heterocycles. The molecule has 0 unspecified atom stereocenters. The minimum atomic E-state index is -0.129. The van der Waals surface area contributed by atoms with Gasteiger partial charge >= 0.3 is 0 Å². The van der Waals surface area contributed by atoms with Crippen molar-refractivity contribution in [3.63, 3.8) is 0 Å². The van der Waals surface area contributed by atoms with Crippen molar-refractivity contribution in [1.82, 2.24) is 10.3 Å². The smallest absolute Gasteiger partial charge is 0.224 e. The lowest BCUT2D eigenvalue weighted by Gasteiger charge is -2.19. The van der Waals surface area contributed by atoms with Crippen molar-refractivity contribution < 1.29 is 9.53 Å². The fraction of sp³-hybridized carbons (Fsp3) is 0.455. The van der Waals surface area contributed by atoms with Crippen molar-refractivity contribution in [1.29, 1.82) is 0 Å². The van der Waals surface area contributed by atoms with Crippen LogP contribution in [-0.2, 0) is 11.2 Å². The molecule has 3 rings (SSSR count). The number of nitrogens with one attached hydrogen (secondary N) is 1. The zero-order chi connectivity index (χ0) is 19.3. The first-order chi connectivity index (χ1) is 12.9. The van der Waals surface area contributed by atoms with Crippen molar-refractivity contribution in [3.05, 3.63) is 46.4 Å². The third-order valence-electron chi connectivity index (χ3n) is 4.49. The van der Waals surface area contributed by atoms with E-state index < -0.39 is 0 Å². The highest BCUT2D eigenvalue weighted by Gasteiger charge is 2.34. The molecule has 1 aromatic carbocycles. The molecule has 27 heavy (non-hydrogen) atoms. The lowest BCUT2D eigenvalue weighted by molar-refractivity contribution is -0.122. The first-order valence-electron chi connectivity index (χ1n) is 9.28. The summed E-state index contributed by atoms with van der Waals surface area (Å²) in [5.41, 5.74) is 1.51. The van der Waals surface area contributed by atoms with E-state index in [1.165, 1.54) is 16.9 Å². The Morgan fingerprint density at radius 1 is 1.37 bits per heavy atom. The van der Waals surface area contributed by atoms with Crippen LogP contribution in [0.25, 0.3) is 0 Å². The third-order valence-corrected chi connectivity index (χ3v) is 5.18. The predicted octanol–water partition coefficient (Wildman–Crippen LogP) is 3.91. The van der Waals surface area contributed by atoms with E-state index >= 15 is 0 Å². The highest BCUT2D eigenvalue weighted by Crippen LogP contribution is 2.25. The van der Waals surface area contributed by atoms with Gasteiger partial charge in [-0.1, -0.05) is 38.8 Å². The lowest BCUT2D eigenvalue weighted by Crippen LogP contribution is -2.22. The monoisotopic (exact) mass is 382 g/mol. The number of aromatic nitrogens is 1. The van der Waals surface area contributed by atoms with Gasteiger partial charge in [0, 0.05) is 30.5 Å². The molecule has 1 saturated heterocycles. The van der Waals surface area contributed by atoms with Crippen LogP contribution in [0.5, 0.6) is 5.75 Å². The van der Waals surface area contributed by atoms with Crippen LogP contribution in [0.3, 0.4) is 0 Å². The van der Waals surface area contributed by atoms with Gasteiger partial charge in [-0.3, -0.25) is 4.79 Å². The maximum atomic E-state index is 12.2. The first-order valence-corrected chi connectivity index (χ1v) is 10.2. The molecule has 142 valence electrons. The summed E-state index contributed by atoms with van der Waals surface area (Å²) < 4.78 is 6.03. The van der Waals surface area contributed by atoms with Crippen LogP contribution in [0.1, 0.15) is 37.8 Å². The standard InChI is InChI=1S/C22H26N2O2S/c1-22(2,3)13-16-6-4-7-18(12-16)26-15-17-14-24-21(25)19(17)8-5-9-20-23-10-11-27-20/h4,6-7,10-12,17,19H,8,13-15H2,1-3H3,(H,24,25)/t17-,19-/m1/s1. The number of rotatable bonds is 5. The maximum Gasteiger partial charge on any atom is 0.224 e. The van der Waals surface area contributed by atoms with Crippen LogP contribution in [0.2, 0.25) is 0 Å². The molecular formula is C22H26N2O2S. The van der Waals surface area contributed by atoms with Crippen LogP contribution in [0, 0.1) is 29.1 Å². The molecule has 5 heteroatoms. The van der Waals surface area contributed by atoms with Gasteiger partial charge in [0.05, 0.1) is 12.5 Å². The van der Waals surface area contributed by atoms with Gasteiger partial charge < -0.3 is 10.1 Å². The van der Waals surface area contributed by atoms with E-state index in [0.29, 0.717) is 19.6 Å². The molecule has 2 aromatic rings. The fourth-order valence-electron chi connectivity index (χ4n) is 3.24. The molecule has 4 nitrogen and oxygen atoms in total. The molecule has 0 spiro atoms. The van der Waals surface area contributed by atoms with E-state index in [1.807, 2.05) is 17.5 Å². The normalized spacial score (nSPS) is 19.3. The average Bonchev–Trinajstić information content (AvgIpc) is 3.23. The number of hydrogen-bond donors (Lipinski definition) is 1. The van der Waals surface area contributed by atoms with Gasteiger partial charge in [-0.25, -0.2) is 4.98 Å². The van der Waals surface area contributed by atoms with Gasteiger partial charge in [-0.15, -0.1) is 11.3 Å². The summed E-state index contributed by atoms with van der Waals surface area (Å²) in [4.78, 5) is 16.3. The SMILES string of the molecule is CC(C)(C)Cc1cccc(OC[C@H]2CNC(=O)[C@@H]2CC#Cc2nccs2)c1. The van der Waals surface area contributed by atoms with Crippen molar-refractivity contribution >= 4 is 17.2 Å². The summed E-state index contributed by atoms with van der Waals surface area (Å²) >= 11 is 1.51. The van der Waals surface area contributed by atoms with Crippen molar-refractivity contribution in [3.8, 4) is 17.6 Å². The Morgan fingerprint density at radius 3 is 2.96 bits per heavy atom. The fourth-order valence-corrected chi connectivity index (χ4v) is 3.74. The second kappa shape index (κ2) is 8.58. The molecule has 0 radical (unpaired) electrons. The highest BCUT2D eigenvalue weighted by atomic mass is 32.1. The lowest BCUT2D eigenvalue weighted by atomic mass is 9.88. The topological polar surface area (TPSA) is 51.2 Å². The van der Waals surface area contributed by atoms with E-state index in [4.69, 9.17) is 4.74 Å². The largest absolute Gasteiger partial charge is 0.493 e. The Morgan fingerprint density at radius 2 is 2.22 bits per heavy atom. The summed E-state index contributed by atoms with van der Waals surface area (Å²) in [7, 11) is 0. The summed E-state index contributed by atoms with van der Waals surface area (Å²) in [6, 6.07) is 8.25. The minimum Gasteiger partial charge on any atom is -0.493 e. The second-order valence-corrected chi connectivity index (χ2v) is 9.05. The number of thiazole rings is 1. The molecule has 0 saturated carbocycles. The Bertz CT molecular complexity index is 828. The van der Waals surface area contributed by atoms with Gasteiger partial charge in [0.1, 0.15) is 5.75 Å². The Hall–Kier alpha value is -2.32. The van der Waals surface area contributed by atoms with Gasteiger partial charge in [0.15, 0.2) is 5.01 Å². The quantitative estimate of drug-likeness (QED) is 0.798. The van der Waals surface area contributed by atoms with Crippen molar-refractivity contribution in [2.45, 2.75) is 33.6 Å². The molecule has 0 bridgehead atoms. The minimum absolute atomic E-state index is 0.0681. The van der Waals surface area contributed by atoms with Crippen LogP contribution >= 0.6 is 11.3 Å². The van der Waals surface area contributed by atoms with E-state index in [0.717, 1.165) is 17.2 Å². The number of benzene rings is 1. The first kappa shape index (κ1) is 19.4. The van der Waals surface area contributed by atoms with Crippen molar-refractivity contribution in [2.24, 2.45) is 17.3 Å². The number of hydrogen-bond acceptors (Lipinski definition) is 4. The number of amides is 1. The maximum absolute atomic E-state index is 12.2. The second-order valence-electron chi connectivity index (χ2n) is 8.15. The summed E-state index contributed by atoms with van der Waals surface area (Å²) in [6.07, 6.45) is 3.27. The van der Waals surface area contributed by atoms with Gasteiger partial charge in [0.2, 0.25) is 5.91 Å². The molecular weight excluding hydrogens is 356 g/mol. The zero-order valence-electron chi connectivity index (χ0n) is 16.1. The molecule has 1 amide bonds. The summed E-state index contributed by atoms with van der Waals surface area (Å²) in [5, 5.41) is 5.63. The number of nitrogens with zero attached hydrogens (tertiary/aromatic N) is 1. The molecule has 1 N–H and O–H groups in total. The van der Waals surface area contributed by atoms with E-state index in [2.05, 4.69) is 55.0 Å². The Balaban J connectivity index is 1.58. The van der Waals surface area contributed by atoms with E-state index in [1.54, 1.807) is 6.20 Å². The molecule has 2 heterocycles. The summed E-state index contributed by atoms with van der Waals surface area (Å²) in [5.74, 6) is 7.07. The predicted molar refractivity (Wildman–Crippen MR) is 109 cm³/mol. The van der Waals surface area contributed by atoms with Crippen molar-refractivity contribution in [2.75, 3.05) is 13.2 Å². The number of carbonyl (C=O) groups is 1. The van der Waals surface area contributed by atoms with Gasteiger partial charge in [0.25, 0.3) is 0 Å². The van der Waals surface area contributed by atoms with Gasteiger partial charge in [-0.2, -0.15) is 0 Å². The van der Waals surface area contributed by atoms with Crippen LogP contribution in [0.4, 0.5) is 0 Å². The average molecular weight is 383 g/mol. The van der Waals surface area contributed by atoms with E-state index in [9.17, 15) is 4.79 Å². The molecule has 0 aliphatic carbocycles. The zero-order valence-corrected chi connectivity index (χ0v) is 16.9. The molecule has 1 fully saturated rings. The Labute approximate surface area is 165 Å². The molecule has 2 atom stereocenters. The van der Waals surface area contributed by atoms with Crippen LogP contribution < -0.4 is 10.1 Å². The Kier molecular flexibility index (Phi) is 6.18. The molecule has 1 aromatic heterocycles.